The maximum absolute atomic E-state index is 12.3. The monoisotopic (exact) mass is 373 g/mol. The highest BCUT2D eigenvalue weighted by molar-refractivity contribution is 7.89. The number of amides is 2. The van der Waals surface area contributed by atoms with Crippen molar-refractivity contribution in [2.75, 3.05) is 38.5 Å². The van der Waals surface area contributed by atoms with Crippen LogP contribution in [0.3, 0.4) is 0 Å². The zero-order chi connectivity index (χ0) is 18.5. The second-order valence-electron chi connectivity index (χ2n) is 8.81. The fourth-order valence-electron chi connectivity index (χ4n) is 3.71. The number of alkyl carbamates (subject to hydrolysis) is 1. The number of ether oxygens (including phenoxy) is 1. The van der Waals surface area contributed by atoms with E-state index in [1.165, 1.54) is 0 Å². The van der Waals surface area contributed by atoms with E-state index >= 15 is 0 Å². The van der Waals surface area contributed by atoms with Crippen molar-refractivity contribution in [3.8, 4) is 0 Å². The van der Waals surface area contributed by atoms with Gasteiger partial charge in [0.15, 0.2) is 0 Å². The Bertz CT molecular complexity index is 656. The highest BCUT2D eigenvalue weighted by Crippen LogP contribution is 2.42. The third-order valence-electron chi connectivity index (χ3n) is 4.88. The minimum absolute atomic E-state index is 0.0503. The summed E-state index contributed by atoms with van der Waals surface area (Å²) in [6.07, 6.45) is 0.516. The van der Waals surface area contributed by atoms with Gasteiger partial charge in [0, 0.05) is 38.0 Å². The number of likely N-dealkylation sites (tertiary alicyclic amines) is 1. The van der Waals surface area contributed by atoms with E-state index in [2.05, 4.69) is 5.32 Å². The van der Waals surface area contributed by atoms with Gasteiger partial charge in [-0.3, -0.25) is 4.79 Å². The molecule has 3 aliphatic heterocycles. The molecule has 0 aromatic rings. The van der Waals surface area contributed by atoms with Crippen molar-refractivity contribution >= 4 is 22.0 Å². The van der Waals surface area contributed by atoms with Crippen molar-refractivity contribution in [2.45, 2.75) is 39.7 Å². The lowest BCUT2D eigenvalue weighted by Crippen LogP contribution is -2.73. The molecular formula is C16H27N3O5S. The van der Waals surface area contributed by atoms with Gasteiger partial charge in [0.05, 0.1) is 11.8 Å². The van der Waals surface area contributed by atoms with E-state index < -0.39 is 16.1 Å². The van der Waals surface area contributed by atoms with E-state index in [9.17, 15) is 18.0 Å². The SMILES string of the molecule is CC(C)(C)CS(=O)(=O)N1CC2(CN(C(=O)CC[C@@H]3COC(=O)N3)C2)C1. The molecule has 0 aromatic heterocycles. The number of cyclic esters (lactones) is 1. The average Bonchev–Trinajstić information content (AvgIpc) is 2.75. The van der Waals surface area contributed by atoms with Crippen molar-refractivity contribution in [3.63, 3.8) is 0 Å². The normalized spacial score (nSPS) is 26.0. The molecule has 0 unspecified atom stereocenters. The van der Waals surface area contributed by atoms with Crippen LogP contribution in [-0.4, -0.2) is 74.2 Å². The predicted octanol–water partition coefficient (Wildman–Crippen LogP) is 0.395. The Morgan fingerprint density at radius 1 is 1.28 bits per heavy atom. The molecule has 8 nitrogen and oxygen atoms in total. The molecule has 1 spiro atoms. The summed E-state index contributed by atoms with van der Waals surface area (Å²) in [4.78, 5) is 24.9. The zero-order valence-electron chi connectivity index (χ0n) is 15.1. The summed E-state index contributed by atoms with van der Waals surface area (Å²) in [7, 11) is -3.22. The molecule has 3 aliphatic rings. The Hall–Kier alpha value is -1.35. The van der Waals surface area contributed by atoms with Gasteiger partial charge in [-0.1, -0.05) is 20.8 Å². The minimum Gasteiger partial charge on any atom is -0.447 e. The molecule has 0 saturated carbocycles. The van der Waals surface area contributed by atoms with E-state index in [-0.39, 0.29) is 28.5 Å². The number of hydrogen-bond donors (Lipinski definition) is 1. The van der Waals surface area contributed by atoms with Gasteiger partial charge in [-0.15, -0.1) is 0 Å². The Kier molecular flexibility index (Phi) is 4.51. The van der Waals surface area contributed by atoms with Gasteiger partial charge in [-0.05, 0) is 11.8 Å². The largest absolute Gasteiger partial charge is 0.447 e. The number of carbonyl (C=O) groups is 2. The number of nitrogens with one attached hydrogen (secondary N) is 1. The Morgan fingerprint density at radius 3 is 2.44 bits per heavy atom. The van der Waals surface area contributed by atoms with Gasteiger partial charge in [-0.25, -0.2) is 17.5 Å². The molecule has 25 heavy (non-hydrogen) atoms. The molecule has 0 bridgehead atoms. The summed E-state index contributed by atoms with van der Waals surface area (Å²) in [5.41, 5.74) is -0.312. The molecule has 142 valence electrons. The first kappa shape index (κ1) is 18.4. The van der Waals surface area contributed by atoms with Crippen molar-refractivity contribution in [1.82, 2.24) is 14.5 Å². The van der Waals surface area contributed by atoms with Crippen LogP contribution in [-0.2, 0) is 19.6 Å². The van der Waals surface area contributed by atoms with Crippen molar-refractivity contribution in [3.05, 3.63) is 0 Å². The highest BCUT2D eigenvalue weighted by Gasteiger charge is 2.56. The molecule has 9 heteroatoms. The van der Waals surface area contributed by atoms with Crippen LogP contribution in [0, 0.1) is 10.8 Å². The van der Waals surface area contributed by atoms with Gasteiger partial charge >= 0.3 is 6.09 Å². The van der Waals surface area contributed by atoms with Crippen molar-refractivity contribution in [2.24, 2.45) is 10.8 Å². The zero-order valence-corrected chi connectivity index (χ0v) is 15.9. The molecule has 0 aliphatic carbocycles. The molecule has 0 radical (unpaired) electrons. The number of nitrogens with zero attached hydrogens (tertiary/aromatic N) is 2. The summed E-state index contributed by atoms with van der Waals surface area (Å²) in [6, 6.07) is -0.0894. The second kappa shape index (κ2) is 6.12. The maximum Gasteiger partial charge on any atom is 0.407 e. The lowest BCUT2D eigenvalue weighted by molar-refractivity contribution is -0.152. The molecule has 2 amide bonds. The van der Waals surface area contributed by atoms with Gasteiger partial charge < -0.3 is 15.0 Å². The van der Waals surface area contributed by atoms with Crippen LogP contribution in [0.25, 0.3) is 0 Å². The van der Waals surface area contributed by atoms with Crippen molar-refractivity contribution in [1.29, 1.82) is 0 Å². The first-order valence-electron chi connectivity index (χ1n) is 8.67. The number of rotatable bonds is 5. The molecule has 0 aromatic carbocycles. The molecule has 1 atom stereocenters. The highest BCUT2D eigenvalue weighted by atomic mass is 32.2. The summed E-state index contributed by atoms with van der Waals surface area (Å²) in [6.45, 7) is 8.35. The van der Waals surface area contributed by atoms with Crippen LogP contribution in [0.1, 0.15) is 33.6 Å². The van der Waals surface area contributed by atoms with Crippen LogP contribution >= 0.6 is 0 Å². The lowest BCUT2D eigenvalue weighted by atomic mass is 9.74. The van der Waals surface area contributed by atoms with Crippen LogP contribution in [0.4, 0.5) is 4.79 Å². The smallest absolute Gasteiger partial charge is 0.407 e. The summed E-state index contributed by atoms with van der Waals surface area (Å²) < 4.78 is 31.0. The topological polar surface area (TPSA) is 96.0 Å². The third-order valence-corrected chi connectivity index (χ3v) is 7.16. The quantitative estimate of drug-likeness (QED) is 0.752. The van der Waals surface area contributed by atoms with E-state index in [4.69, 9.17) is 4.74 Å². The van der Waals surface area contributed by atoms with Crippen LogP contribution in [0.2, 0.25) is 0 Å². The van der Waals surface area contributed by atoms with Crippen LogP contribution in [0.15, 0.2) is 0 Å². The van der Waals surface area contributed by atoms with E-state index in [1.54, 1.807) is 9.21 Å². The van der Waals surface area contributed by atoms with Gasteiger partial charge in [0.1, 0.15) is 6.61 Å². The lowest BCUT2D eigenvalue weighted by Gasteiger charge is -2.59. The fraction of sp³-hybridized carbons (Fsp3) is 0.875. The van der Waals surface area contributed by atoms with E-state index in [1.807, 2.05) is 20.8 Å². The van der Waals surface area contributed by atoms with Crippen molar-refractivity contribution < 1.29 is 22.7 Å². The third kappa shape index (κ3) is 4.08. The fourth-order valence-corrected chi connectivity index (χ4v) is 5.93. The average molecular weight is 373 g/mol. The predicted molar refractivity (Wildman–Crippen MR) is 91.3 cm³/mol. The standard InChI is InChI=1S/C16H27N3O5S/c1-15(2,3)11-25(22,23)19-9-16(10-19)7-18(8-16)13(20)5-4-12-6-24-14(21)17-12/h12H,4-11H2,1-3H3,(H,17,21)/t12-/m1/s1. The summed E-state index contributed by atoms with van der Waals surface area (Å²) in [5, 5.41) is 2.66. The summed E-state index contributed by atoms with van der Waals surface area (Å²) >= 11 is 0. The van der Waals surface area contributed by atoms with Gasteiger partial charge in [0.2, 0.25) is 15.9 Å². The molecule has 1 N–H and O–H groups in total. The minimum atomic E-state index is -3.22. The summed E-state index contributed by atoms with van der Waals surface area (Å²) in [5.74, 6) is 0.205. The number of carbonyl (C=O) groups excluding carboxylic acids is 2. The van der Waals surface area contributed by atoms with E-state index in [0.717, 1.165) is 0 Å². The first-order chi connectivity index (χ1) is 11.5. The molecule has 3 saturated heterocycles. The molecule has 3 rings (SSSR count). The Morgan fingerprint density at radius 2 is 1.92 bits per heavy atom. The van der Waals surface area contributed by atoms with E-state index in [0.29, 0.717) is 45.6 Å². The first-order valence-corrected chi connectivity index (χ1v) is 10.3. The second-order valence-corrected chi connectivity index (χ2v) is 10.8. The maximum atomic E-state index is 12.3. The number of hydrogen-bond acceptors (Lipinski definition) is 5. The van der Waals surface area contributed by atoms with Crippen LogP contribution < -0.4 is 5.32 Å². The molecule has 3 fully saturated rings. The molecular weight excluding hydrogens is 346 g/mol. The number of sulfonamides is 1. The Labute approximate surface area is 148 Å². The molecule has 3 heterocycles. The van der Waals surface area contributed by atoms with Gasteiger partial charge in [0.25, 0.3) is 0 Å². The van der Waals surface area contributed by atoms with Crippen LogP contribution in [0.5, 0.6) is 0 Å². The van der Waals surface area contributed by atoms with Gasteiger partial charge in [-0.2, -0.15) is 0 Å². The Balaban J connectivity index is 1.40.